The Kier molecular flexibility index (Phi) is 12.0. The quantitative estimate of drug-likeness (QED) is 0.220. The molecule has 2 aromatic rings. The van der Waals surface area contributed by atoms with Crippen LogP contribution in [0.4, 0.5) is 26.3 Å². The van der Waals surface area contributed by atoms with Crippen molar-refractivity contribution in [1.82, 2.24) is 10.2 Å². The van der Waals surface area contributed by atoms with Crippen molar-refractivity contribution < 1.29 is 41.0 Å². The molecule has 0 saturated heterocycles. The normalized spacial score (nSPS) is 18.3. The number of nitrogens with zero attached hydrogens (tertiary/aromatic N) is 1. The van der Waals surface area contributed by atoms with E-state index in [1.165, 1.54) is 6.08 Å². The number of hydrogen-bond acceptors (Lipinski definition) is 4. The highest BCUT2D eigenvalue weighted by Gasteiger charge is 2.50. The van der Waals surface area contributed by atoms with Crippen LogP contribution < -0.4 is 11.1 Å². The Hall–Kier alpha value is -3.64. The molecule has 0 aliphatic heterocycles. The lowest BCUT2D eigenvalue weighted by atomic mass is 9.64. The third-order valence-corrected chi connectivity index (χ3v) is 7.92. The minimum atomic E-state index is -5.00. The topological polar surface area (TPSA) is 95.7 Å². The number of hydrogen-bond donors (Lipinski definition) is 3. The van der Waals surface area contributed by atoms with Crippen LogP contribution in [0.15, 0.2) is 72.3 Å². The van der Waals surface area contributed by atoms with E-state index in [-0.39, 0.29) is 42.5 Å². The molecule has 4 N–H and O–H groups in total. The van der Waals surface area contributed by atoms with Crippen molar-refractivity contribution in [1.29, 1.82) is 0 Å². The fraction of sp³-hybridized carbons (Fsp3) is 0.455. The minimum absolute atomic E-state index is 0.0568. The van der Waals surface area contributed by atoms with E-state index in [0.29, 0.717) is 38.1 Å². The van der Waals surface area contributed by atoms with Crippen LogP contribution >= 0.6 is 0 Å². The molecule has 0 fully saturated rings. The average molecular weight is 640 g/mol. The number of carbonyl (C=O) groups excluding carboxylic acids is 2. The van der Waals surface area contributed by atoms with Crippen LogP contribution in [0.25, 0.3) is 0 Å². The fourth-order valence-electron chi connectivity index (χ4n) is 5.81. The van der Waals surface area contributed by atoms with Crippen molar-refractivity contribution in [3.8, 4) is 0 Å². The second-order valence-electron chi connectivity index (χ2n) is 11.3. The largest absolute Gasteiger partial charge is 0.416 e. The molecule has 0 bridgehead atoms. The van der Waals surface area contributed by atoms with Crippen LogP contribution in [0, 0.1) is 11.3 Å². The summed E-state index contributed by atoms with van der Waals surface area (Å²) < 4.78 is 80.3. The maximum atomic E-state index is 14.4. The smallest absolute Gasteiger partial charge is 0.391 e. The Bertz CT molecular complexity index is 1340. The van der Waals surface area contributed by atoms with Gasteiger partial charge in [0.25, 0.3) is 0 Å². The lowest BCUT2D eigenvalue weighted by Gasteiger charge is -2.44. The van der Waals surface area contributed by atoms with Crippen molar-refractivity contribution in [3.05, 3.63) is 94.6 Å². The first-order chi connectivity index (χ1) is 21.1. The summed E-state index contributed by atoms with van der Waals surface area (Å²) in [6, 6.07) is 10.3. The maximum Gasteiger partial charge on any atom is 0.416 e. The average Bonchev–Trinajstić information content (AvgIpc) is 2.98. The van der Waals surface area contributed by atoms with Gasteiger partial charge in [0.05, 0.1) is 22.6 Å². The number of aliphatic hydroxyl groups is 1. The number of nitrogens with one attached hydrogen (secondary N) is 1. The second kappa shape index (κ2) is 15.1. The summed E-state index contributed by atoms with van der Waals surface area (Å²) in [6.45, 7) is 4.03. The van der Waals surface area contributed by atoms with Crippen molar-refractivity contribution in [2.45, 2.75) is 64.5 Å². The fourth-order valence-corrected chi connectivity index (χ4v) is 5.81. The van der Waals surface area contributed by atoms with Gasteiger partial charge >= 0.3 is 12.4 Å². The number of nitrogens with two attached hydrogens (primary N) is 1. The molecule has 0 spiro atoms. The van der Waals surface area contributed by atoms with Crippen LogP contribution in [0.3, 0.4) is 0 Å². The minimum Gasteiger partial charge on any atom is -0.391 e. The molecule has 1 aliphatic rings. The molecule has 45 heavy (non-hydrogen) atoms. The van der Waals surface area contributed by atoms with Gasteiger partial charge in [0.15, 0.2) is 0 Å². The van der Waals surface area contributed by atoms with E-state index in [1.807, 2.05) is 26.0 Å². The van der Waals surface area contributed by atoms with Gasteiger partial charge in [-0.1, -0.05) is 62.4 Å². The first-order valence-electron chi connectivity index (χ1n) is 14.8. The lowest BCUT2D eigenvalue weighted by molar-refractivity contribution is -0.145. The molecular weight excluding hydrogens is 600 g/mol. The highest BCUT2D eigenvalue weighted by atomic mass is 19.4. The third kappa shape index (κ3) is 9.20. The molecule has 6 nitrogen and oxygen atoms in total. The predicted molar refractivity (Wildman–Crippen MR) is 158 cm³/mol. The summed E-state index contributed by atoms with van der Waals surface area (Å²) in [7, 11) is 0. The van der Waals surface area contributed by atoms with Gasteiger partial charge in [0.2, 0.25) is 11.8 Å². The van der Waals surface area contributed by atoms with Crippen LogP contribution in [0.5, 0.6) is 0 Å². The number of amides is 2. The third-order valence-electron chi connectivity index (χ3n) is 7.92. The first-order valence-corrected chi connectivity index (χ1v) is 14.8. The summed E-state index contributed by atoms with van der Waals surface area (Å²) in [5.41, 5.74) is 2.05. The Morgan fingerprint density at radius 2 is 1.53 bits per heavy atom. The number of alkyl halides is 6. The summed E-state index contributed by atoms with van der Waals surface area (Å²) in [6.07, 6.45) is -5.13. The summed E-state index contributed by atoms with van der Waals surface area (Å²) in [5, 5.41) is 14.5. The van der Waals surface area contributed by atoms with E-state index in [4.69, 9.17) is 5.73 Å². The summed E-state index contributed by atoms with van der Waals surface area (Å²) in [5.74, 6) is -1.88. The Morgan fingerprint density at radius 3 is 2.04 bits per heavy atom. The van der Waals surface area contributed by atoms with Gasteiger partial charge in [0, 0.05) is 37.7 Å². The highest BCUT2D eigenvalue weighted by Crippen LogP contribution is 2.44. The van der Waals surface area contributed by atoms with E-state index in [1.54, 1.807) is 35.3 Å². The summed E-state index contributed by atoms with van der Waals surface area (Å²) >= 11 is 0. The zero-order chi connectivity index (χ0) is 33.4. The Labute approximate surface area is 259 Å². The molecule has 0 radical (unpaired) electrons. The van der Waals surface area contributed by atoms with Crippen LogP contribution in [-0.2, 0) is 34.9 Å². The number of halogens is 6. The van der Waals surface area contributed by atoms with E-state index >= 15 is 0 Å². The molecule has 246 valence electrons. The van der Waals surface area contributed by atoms with Gasteiger partial charge < -0.3 is 21.1 Å². The van der Waals surface area contributed by atoms with Crippen molar-refractivity contribution in [3.63, 3.8) is 0 Å². The molecule has 12 heteroatoms. The van der Waals surface area contributed by atoms with E-state index in [9.17, 15) is 41.0 Å². The number of allylic oxidation sites excluding steroid dienone is 2. The van der Waals surface area contributed by atoms with Gasteiger partial charge in [-0.2, -0.15) is 26.3 Å². The monoisotopic (exact) mass is 639 g/mol. The number of primary amides is 1. The van der Waals surface area contributed by atoms with E-state index < -0.39 is 53.4 Å². The van der Waals surface area contributed by atoms with E-state index in [2.05, 4.69) is 5.32 Å². The van der Waals surface area contributed by atoms with Crippen molar-refractivity contribution in [2.75, 3.05) is 19.6 Å². The van der Waals surface area contributed by atoms with Gasteiger partial charge in [0.1, 0.15) is 0 Å². The second-order valence-corrected chi connectivity index (χ2v) is 11.3. The van der Waals surface area contributed by atoms with E-state index in [0.717, 1.165) is 5.56 Å². The number of carbonyl (C=O) groups is 2. The number of rotatable bonds is 14. The van der Waals surface area contributed by atoms with Gasteiger partial charge in [-0.15, -0.1) is 0 Å². The number of benzene rings is 2. The standard InChI is InChI=1S/C33H39F6N3O3/c1-3-13-42(14-4-2)30(45)31(12-8-11-24(19-31)29(40)44)27(17-22-9-6-5-7-10-22)28(43)21-41-20-23-15-25(32(34,35)36)18-26(16-23)33(37,38)39/h5-12,15-16,18,27-28,41,43H,3-4,13-14,17,19-21H2,1-2H3,(H2,40,44)/t27-,28+,31?/m1/s1. The zero-order valence-corrected chi connectivity index (χ0v) is 25.2. The van der Waals surface area contributed by atoms with Gasteiger partial charge in [-0.25, -0.2) is 0 Å². The molecule has 3 atom stereocenters. The molecule has 3 rings (SSSR count). The van der Waals surface area contributed by atoms with Gasteiger partial charge in [-0.05, 0) is 55.0 Å². The maximum absolute atomic E-state index is 14.4. The molecule has 0 heterocycles. The molecule has 0 aromatic heterocycles. The molecule has 0 saturated carbocycles. The molecule has 2 aromatic carbocycles. The SMILES string of the molecule is CCCN(CCC)C(=O)C1([C@H](Cc2ccccc2)[C@@H](O)CNCc2cc(C(F)(F)F)cc(C(F)(F)F)c2)C=CC=C(C(N)=O)C1. The van der Waals surface area contributed by atoms with Crippen LogP contribution in [0.1, 0.15) is 55.4 Å². The van der Waals surface area contributed by atoms with Gasteiger partial charge in [-0.3, -0.25) is 9.59 Å². The lowest BCUT2D eigenvalue weighted by Crippen LogP contribution is -2.54. The highest BCUT2D eigenvalue weighted by molar-refractivity contribution is 5.95. The Morgan fingerprint density at radius 1 is 0.956 bits per heavy atom. The number of aliphatic hydroxyl groups excluding tert-OH is 1. The predicted octanol–water partition coefficient (Wildman–Crippen LogP) is 6.04. The van der Waals surface area contributed by atoms with Crippen LogP contribution in [-0.4, -0.2) is 47.6 Å². The Balaban J connectivity index is 2.00. The molecule has 2 amide bonds. The molecule has 1 aliphatic carbocycles. The zero-order valence-electron chi connectivity index (χ0n) is 25.2. The molecule has 1 unspecified atom stereocenters. The molecular formula is C33H39F6N3O3. The van der Waals surface area contributed by atoms with Crippen molar-refractivity contribution >= 4 is 11.8 Å². The summed E-state index contributed by atoms with van der Waals surface area (Å²) in [4.78, 5) is 28.4. The first kappa shape index (κ1) is 35.8. The van der Waals surface area contributed by atoms with Crippen LogP contribution in [0.2, 0.25) is 0 Å². The van der Waals surface area contributed by atoms with Crippen molar-refractivity contribution in [2.24, 2.45) is 17.1 Å².